The number of hydrogen-bond donors (Lipinski definition) is 2. The highest BCUT2D eigenvalue weighted by atomic mass is 16.7. The molecule has 0 spiro atoms. The Balaban J connectivity index is 1.23. The minimum atomic E-state index is 0.238. The molecule has 0 saturated carbocycles. The normalized spacial score (nSPS) is 13.5. The summed E-state index contributed by atoms with van der Waals surface area (Å²) in [4.78, 5) is 8.98. The van der Waals surface area contributed by atoms with Crippen LogP contribution in [0.1, 0.15) is 11.1 Å². The third kappa shape index (κ3) is 3.35. The number of ether oxygens (including phenoxy) is 4. The van der Waals surface area contributed by atoms with Crippen molar-refractivity contribution in [1.82, 2.24) is 20.3 Å². The molecule has 0 aliphatic carbocycles. The van der Waals surface area contributed by atoms with Gasteiger partial charge in [-0.1, -0.05) is 12.1 Å². The molecular formula is C20H16N6O5. The van der Waals surface area contributed by atoms with Gasteiger partial charge in [0.05, 0.1) is 0 Å². The van der Waals surface area contributed by atoms with Crippen LogP contribution < -0.4 is 29.6 Å². The van der Waals surface area contributed by atoms with Gasteiger partial charge >= 0.3 is 0 Å². The van der Waals surface area contributed by atoms with Crippen LogP contribution in [0.25, 0.3) is 11.3 Å². The van der Waals surface area contributed by atoms with E-state index < -0.39 is 0 Å². The van der Waals surface area contributed by atoms with Crippen LogP contribution in [0, 0.1) is 0 Å². The molecule has 4 heterocycles. The molecule has 0 atom stereocenters. The molecule has 2 aliphatic rings. The molecule has 0 unspecified atom stereocenters. The quantitative estimate of drug-likeness (QED) is 0.478. The van der Waals surface area contributed by atoms with Crippen molar-refractivity contribution in [3.05, 3.63) is 47.5 Å². The number of benzene rings is 2. The molecule has 0 bridgehead atoms. The second kappa shape index (κ2) is 7.20. The first kappa shape index (κ1) is 17.6. The summed E-state index contributed by atoms with van der Waals surface area (Å²) in [7, 11) is 0. The zero-order valence-electron chi connectivity index (χ0n) is 16.1. The summed E-state index contributed by atoms with van der Waals surface area (Å²) < 4.78 is 26.4. The Hall–Kier alpha value is -4.28. The Morgan fingerprint density at radius 2 is 1.13 bits per heavy atom. The Bertz CT molecular complexity index is 1180. The first-order valence-electron chi connectivity index (χ1n) is 9.57. The van der Waals surface area contributed by atoms with Crippen LogP contribution in [-0.2, 0) is 13.1 Å². The summed E-state index contributed by atoms with van der Waals surface area (Å²) in [5, 5.41) is 14.2. The van der Waals surface area contributed by atoms with Gasteiger partial charge in [0.15, 0.2) is 34.6 Å². The van der Waals surface area contributed by atoms with E-state index in [1.54, 1.807) is 0 Å². The van der Waals surface area contributed by atoms with Crippen LogP contribution in [-0.4, -0.2) is 33.9 Å². The maximum absolute atomic E-state index is 5.44. The van der Waals surface area contributed by atoms with E-state index >= 15 is 0 Å². The van der Waals surface area contributed by atoms with Gasteiger partial charge in [-0.05, 0) is 45.7 Å². The van der Waals surface area contributed by atoms with E-state index in [9.17, 15) is 0 Å². The summed E-state index contributed by atoms with van der Waals surface area (Å²) in [5.74, 6) is 3.99. The van der Waals surface area contributed by atoms with E-state index in [0.29, 0.717) is 36.0 Å². The molecule has 0 radical (unpaired) electrons. The third-order valence-corrected chi connectivity index (χ3v) is 4.91. The average molecular weight is 420 g/mol. The van der Waals surface area contributed by atoms with E-state index in [2.05, 4.69) is 30.9 Å². The molecule has 2 aliphatic heterocycles. The Kier molecular flexibility index (Phi) is 4.08. The first-order chi connectivity index (χ1) is 15.3. The molecule has 4 aromatic rings. The molecule has 31 heavy (non-hydrogen) atoms. The van der Waals surface area contributed by atoms with E-state index in [1.165, 1.54) is 0 Å². The summed E-state index contributed by atoms with van der Waals surface area (Å²) in [6.07, 6.45) is 0. The Morgan fingerprint density at radius 1 is 0.645 bits per heavy atom. The second-order valence-electron chi connectivity index (χ2n) is 6.91. The minimum Gasteiger partial charge on any atom is -0.454 e. The fourth-order valence-corrected chi connectivity index (χ4v) is 3.36. The number of hydrogen-bond acceptors (Lipinski definition) is 11. The van der Waals surface area contributed by atoms with Gasteiger partial charge in [-0.3, -0.25) is 0 Å². The predicted octanol–water partition coefficient (Wildman–Crippen LogP) is 2.69. The lowest BCUT2D eigenvalue weighted by atomic mass is 10.2. The van der Waals surface area contributed by atoms with Crippen LogP contribution >= 0.6 is 0 Å². The molecule has 2 N–H and O–H groups in total. The van der Waals surface area contributed by atoms with E-state index in [4.69, 9.17) is 23.6 Å². The number of fused-ring (bicyclic) bond motifs is 3. The van der Waals surface area contributed by atoms with Gasteiger partial charge in [0, 0.05) is 13.1 Å². The number of nitrogens with zero attached hydrogens (tertiary/aromatic N) is 4. The number of aromatic nitrogens is 4. The number of rotatable bonds is 6. The van der Waals surface area contributed by atoms with E-state index in [0.717, 1.165) is 34.1 Å². The third-order valence-electron chi connectivity index (χ3n) is 4.91. The van der Waals surface area contributed by atoms with Crippen molar-refractivity contribution in [3.63, 3.8) is 0 Å². The highest BCUT2D eigenvalue weighted by molar-refractivity contribution is 5.73. The highest BCUT2D eigenvalue weighted by Crippen LogP contribution is 2.34. The van der Waals surface area contributed by atoms with Crippen LogP contribution in [0.3, 0.4) is 0 Å². The minimum absolute atomic E-state index is 0.238. The van der Waals surface area contributed by atoms with Crippen molar-refractivity contribution in [3.8, 4) is 23.0 Å². The van der Waals surface area contributed by atoms with Crippen molar-refractivity contribution in [1.29, 1.82) is 0 Å². The van der Waals surface area contributed by atoms with Gasteiger partial charge < -0.3 is 29.6 Å². The Morgan fingerprint density at radius 3 is 1.65 bits per heavy atom. The van der Waals surface area contributed by atoms with Gasteiger partial charge in [0.25, 0.3) is 0 Å². The van der Waals surface area contributed by atoms with Crippen molar-refractivity contribution < 1.29 is 23.6 Å². The lowest BCUT2D eigenvalue weighted by Gasteiger charge is -2.12. The van der Waals surface area contributed by atoms with Crippen molar-refractivity contribution in [2.45, 2.75) is 13.1 Å². The van der Waals surface area contributed by atoms with Crippen LogP contribution in [0.2, 0.25) is 0 Å². The second-order valence-corrected chi connectivity index (χ2v) is 6.91. The Labute approximate surface area is 175 Å². The van der Waals surface area contributed by atoms with E-state index in [1.807, 2.05) is 36.4 Å². The summed E-state index contributed by atoms with van der Waals surface area (Å²) in [6, 6.07) is 11.5. The molecular weight excluding hydrogens is 404 g/mol. The molecule has 0 saturated heterocycles. The average Bonchev–Trinajstić information content (AvgIpc) is 3.55. The van der Waals surface area contributed by atoms with E-state index in [-0.39, 0.29) is 13.6 Å². The summed E-state index contributed by atoms with van der Waals surface area (Å²) >= 11 is 0. The maximum Gasteiger partial charge on any atom is 0.245 e. The highest BCUT2D eigenvalue weighted by Gasteiger charge is 2.17. The van der Waals surface area contributed by atoms with Crippen molar-refractivity contribution in [2.75, 3.05) is 24.2 Å². The summed E-state index contributed by atoms with van der Waals surface area (Å²) in [5.41, 5.74) is 2.65. The molecule has 156 valence electrons. The monoisotopic (exact) mass is 420 g/mol. The lowest BCUT2D eigenvalue weighted by Crippen LogP contribution is -2.09. The van der Waals surface area contributed by atoms with Gasteiger partial charge in [-0.2, -0.15) is 0 Å². The van der Waals surface area contributed by atoms with Crippen LogP contribution in [0.4, 0.5) is 11.6 Å². The molecule has 6 rings (SSSR count). The zero-order valence-corrected chi connectivity index (χ0v) is 16.1. The van der Waals surface area contributed by atoms with Gasteiger partial charge in [-0.25, -0.2) is 14.6 Å². The molecule has 2 aromatic heterocycles. The topological polar surface area (TPSA) is 126 Å². The predicted molar refractivity (Wildman–Crippen MR) is 107 cm³/mol. The molecule has 0 fully saturated rings. The van der Waals surface area contributed by atoms with Crippen molar-refractivity contribution >= 4 is 22.9 Å². The summed E-state index contributed by atoms with van der Waals surface area (Å²) in [6.45, 7) is 1.48. The smallest absolute Gasteiger partial charge is 0.245 e. The SMILES string of the molecule is c1cc2c(cc1CNc1nc3nonc3nc1NCc1ccc3c(c1)OCO3)OCO2. The molecule has 11 nitrogen and oxygen atoms in total. The largest absolute Gasteiger partial charge is 0.454 e. The lowest BCUT2D eigenvalue weighted by molar-refractivity contribution is 0.173. The fourth-order valence-electron chi connectivity index (χ4n) is 3.36. The number of anilines is 2. The van der Waals surface area contributed by atoms with Gasteiger partial charge in [-0.15, -0.1) is 0 Å². The van der Waals surface area contributed by atoms with Gasteiger partial charge in [0.1, 0.15) is 0 Å². The molecule has 11 heteroatoms. The van der Waals surface area contributed by atoms with Gasteiger partial charge in [0.2, 0.25) is 24.9 Å². The standard InChI is InChI=1S/C20H16N6O5/c1-3-13-15(29-9-27-13)5-11(1)7-21-17-18(24-20-19(23-17)25-31-26-20)22-8-12-2-4-14-16(6-12)30-10-28-14/h1-6H,7-10H2,(H,21,23,25)(H,22,24,26). The fraction of sp³-hybridized carbons (Fsp3) is 0.200. The van der Waals surface area contributed by atoms with Crippen LogP contribution in [0.5, 0.6) is 23.0 Å². The van der Waals surface area contributed by atoms with Crippen LogP contribution in [0.15, 0.2) is 41.0 Å². The molecule has 2 aromatic carbocycles. The maximum atomic E-state index is 5.44. The zero-order chi connectivity index (χ0) is 20.6. The molecule has 0 amide bonds. The first-order valence-corrected chi connectivity index (χ1v) is 9.57. The van der Waals surface area contributed by atoms with Crippen molar-refractivity contribution in [2.24, 2.45) is 0 Å². The number of nitrogens with one attached hydrogen (secondary N) is 2.